The minimum atomic E-state index is 0.0546. The molecule has 0 bridgehead atoms. The van der Waals surface area contributed by atoms with E-state index in [9.17, 15) is 0 Å². The molecule has 0 spiro atoms. The zero-order chi connectivity index (χ0) is 11.6. The summed E-state index contributed by atoms with van der Waals surface area (Å²) in [6.07, 6.45) is 3.06. The maximum Gasteiger partial charge on any atom is 0.234 e. The normalized spacial score (nSPS) is 25.5. The minimum absolute atomic E-state index is 0.0546. The van der Waals surface area contributed by atoms with Gasteiger partial charge in [-0.05, 0) is 25.3 Å². The van der Waals surface area contributed by atoms with Crippen molar-refractivity contribution in [2.75, 3.05) is 13.1 Å². The van der Waals surface area contributed by atoms with Gasteiger partial charge in [-0.3, -0.25) is 0 Å². The number of aromatic nitrogens is 2. The summed E-state index contributed by atoms with van der Waals surface area (Å²) in [7, 11) is 0. The van der Waals surface area contributed by atoms with Gasteiger partial charge in [0.2, 0.25) is 5.89 Å². The monoisotopic (exact) mass is 223 g/mol. The Bertz CT molecular complexity index is 340. The zero-order valence-electron chi connectivity index (χ0n) is 10.4. The van der Waals surface area contributed by atoms with Crippen molar-refractivity contribution in [3.05, 3.63) is 11.7 Å². The Kier molecular flexibility index (Phi) is 3.28. The predicted octanol–water partition coefficient (Wildman–Crippen LogP) is 1.91. The first-order valence-corrected chi connectivity index (χ1v) is 6.23. The van der Waals surface area contributed by atoms with Crippen molar-refractivity contribution in [1.82, 2.24) is 15.5 Å². The quantitative estimate of drug-likeness (QED) is 0.847. The molecule has 1 aromatic heterocycles. The predicted molar refractivity (Wildman–Crippen MR) is 62.3 cm³/mol. The molecular weight excluding hydrogens is 202 g/mol. The molecule has 0 aromatic carbocycles. The van der Waals surface area contributed by atoms with Crippen molar-refractivity contribution < 1.29 is 4.52 Å². The van der Waals surface area contributed by atoms with Crippen LogP contribution in [-0.2, 0) is 11.8 Å². The van der Waals surface area contributed by atoms with Crippen LogP contribution in [0.5, 0.6) is 0 Å². The maximum absolute atomic E-state index is 5.46. The van der Waals surface area contributed by atoms with E-state index in [2.05, 4.69) is 36.2 Å². The largest absolute Gasteiger partial charge is 0.339 e. The van der Waals surface area contributed by atoms with Gasteiger partial charge >= 0.3 is 0 Å². The van der Waals surface area contributed by atoms with Crippen LogP contribution in [-0.4, -0.2) is 23.2 Å². The standard InChI is InChI=1S/C12H21N3O/c1-4-5-10-14-11(16-15-10)12(9(2)3)6-7-13-8-12/h9,13H,4-8H2,1-3H3. The lowest BCUT2D eigenvalue weighted by Crippen LogP contribution is -2.35. The number of hydrogen-bond acceptors (Lipinski definition) is 4. The Morgan fingerprint density at radius 2 is 2.31 bits per heavy atom. The molecule has 1 fully saturated rings. The topological polar surface area (TPSA) is 51.0 Å². The number of hydrogen-bond donors (Lipinski definition) is 1. The summed E-state index contributed by atoms with van der Waals surface area (Å²) in [6, 6.07) is 0. The molecule has 1 saturated heterocycles. The highest BCUT2D eigenvalue weighted by Crippen LogP contribution is 2.36. The van der Waals surface area contributed by atoms with Crippen molar-refractivity contribution in [2.45, 2.75) is 45.4 Å². The van der Waals surface area contributed by atoms with E-state index in [0.717, 1.165) is 44.1 Å². The summed E-state index contributed by atoms with van der Waals surface area (Å²) in [5, 5.41) is 7.47. The Balaban J connectivity index is 2.25. The Morgan fingerprint density at radius 1 is 1.50 bits per heavy atom. The molecule has 4 heteroatoms. The average Bonchev–Trinajstić information content (AvgIpc) is 2.85. The highest BCUT2D eigenvalue weighted by Gasteiger charge is 2.43. The molecule has 0 radical (unpaired) electrons. The van der Waals surface area contributed by atoms with Crippen LogP contribution >= 0.6 is 0 Å². The molecule has 1 aliphatic heterocycles. The lowest BCUT2D eigenvalue weighted by molar-refractivity contribution is 0.234. The lowest BCUT2D eigenvalue weighted by atomic mass is 9.76. The van der Waals surface area contributed by atoms with Gasteiger partial charge in [0.1, 0.15) is 0 Å². The van der Waals surface area contributed by atoms with Gasteiger partial charge in [0.25, 0.3) is 0 Å². The second-order valence-corrected chi connectivity index (χ2v) is 5.00. The molecule has 2 heterocycles. The van der Waals surface area contributed by atoms with Crippen LogP contribution in [0.4, 0.5) is 0 Å². The van der Waals surface area contributed by atoms with Gasteiger partial charge in [-0.2, -0.15) is 4.98 Å². The van der Waals surface area contributed by atoms with Gasteiger partial charge in [0, 0.05) is 13.0 Å². The Hall–Kier alpha value is -0.900. The van der Waals surface area contributed by atoms with E-state index < -0.39 is 0 Å². The highest BCUT2D eigenvalue weighted by atomic mass is 16.5. The Labute approximate surface area is 96.8 Å². The number of rotatable bonds is 4. The van der Waals surface area contributed by atoms with Crippen molar-refractivity contribution in [1.29, 1.82) is 0 Å². The van der Waals surface area contributed by atoms with Crippen LogP contribution in [0.1, 0.15) is 45.3 Å². The van der Waals surface area contributed by atoms with Gasteiger partial charge in [0.05, 0.1) is 5.41 Å². The van der Waals surface area contributed by atoms with Crippen LogP contribution < -0.4 is 5.32 Å². The summed E-state index contributed by atoms with van der Waals surface area (Å²) in [5.74, 6) is 2.21. The second-order valence-electron chi connectivity index (χ2n) is 5.00. The maximum atomic E-state index is 5.46. The van der Waals surface area contributed by atoms with Crippen LogP contribution in [0.3, 0.4) is 0 Å². The summed E-state index contributed by atoms with van der Waals surface area (Å²) in [5.41, 5.74) is 0.0546. The van der Waals surface area contributed by atoms with Crippen molar-refractivity contribution in [3.8, 4) is 0 Å². The van der Waals surface area contributed by atoms with Crippen LogP contribution in [0, 0.1) is 5.92 Å². The molecule has 1 aromatic rings. The van der Waals surface area contributed by atoms with Gasteiger partial charge in [-0.15, -0.1) is 0 Å². The first-order valence-electron chi connectivity index (χ1n) is 6.23. The fraction of sp³-hybridized carbons (Fsp3) is 0.833. The number of aryl methyl sites for hydroxylation is 1. The smallest absolute Gasteiger partial charge is 0.234 e. The molecule has 0 amide bonds. The van der Waals surface area contributed by atoms with Gasteiger partial charge in [-0.25, -0.2) is 0 Å². The van der Waals surface area contributed by atoms with E-state index in [4.69, 9.17) is 4.52 Å². The van der Waals surface area contributed by atoms with Gasteiger partial charge < -0.3 is 9.84 Å². The van der Waals surface area contributed by atoms with Crippen LogP contribution in [0.25, 0.3) is 0 Å². The minimum Gasteiger partial charge on any atom is -0.339 e. The molecule has 0 saturated carbocycles. The third-order valence-electron chi connectivity index (χ3n) is 3.66. The first-order chi connectivity index (χ1) is 7.69. The van der Waals surface area contributed by atoms with E-state index in [1.807, 2.05) is 0 Å². The fourth-order valence-corrected chi connectivity index (χ4v) is 2.41. The summed E-state index contributed by atoms with van der Waals surface area (Å²) >= 11 is 0. The molecule has 1 unspecified atom stereocenters. The first kappa shape index (κ1) is 11.6. The zero-order valence-corrected chi connectivity index (χ0v) is 10.4. The Morgan fingerprint density at radius 3 is 2.88 bits per heavy atom. The SMILES string of the molecule is CCCc1noc(C2(C(C)C)CCNC2)n1. The van der Waals surface area contributed by atoms with Crippen molar-refractivity contribution in [3.63, 3.8) is 0 Å². The third kappa shape index (κ3) is 1.86. The average molecular weight is 223 g/mol. The summed E-state index contributed by atoms with van der Waals surface area (Å²) in [4.78, 5) is 4.56. The van der Waals surface area contributed by atoms with E-state index in [1.54, 1.807) is 0 Å². The van der Waals surface area contributed by atoms with E-state index in [1.165, 1.54) is 0 Å². The van der Waals surface area contributed by atoms with Gasteiger partial charge in [-0.1, -0.05) is 25.9 Å². The summed E-state index contributed by atoms with van der Waals surface area (Å²) < 4.78 is 5.46. The third-order valence-corrected chi connectivity index (χ3v) is 3.66. The van der Waals surface area contributed by atoms with Crippen molar-refractivity contribution >= 4 is 0 Å². The van der Waals surface area contributed by atoms with Crippen molar-refractivity contribution in [2.24, 2.45) is 5.92 Å². The molecule has 90 valence electrons. The lowest BCUT2D eigenvalue weighted by Gasteiger charge is -2.28. The van der Waals surface area contributed by atoms with E-state index in [-0.39, 0.29) is 5.41 Å². The highest BCUT2D eigenvalue weighted by molar-refractivity contribution is 5.11. The molecule has 2 rings (SSSR count). The second kappa shape index (κ2) is 4.53. The number of nitrogens with one attached hydrogen (secondary N) is 1. The van der Waals surface area contributed by atoms with Crippen LogP contribution in [0.15, 0.2) is 4.52 Å². The molecule has 0 aliphatic carbocycles. The van der Waals surface area contributed by atoms with E-state index in [0.29, 0.717) is 5.92 Å². The fourth-order valence-electron chi connectivity index (χ4n) is 2.41. The van der Waals surface area contributed by atoms with Crippen LogP contribution in [0.2, 0.25) is 0 Å². The molecular formula is C12H21N3O. The van der Waals surface area contributed by atoms with E-state index >= 15 is 0 Å². The molecule has 4 nitrogen and oxygen atoms in total. The molecule has 1 atom stereocenters. The molecule has 1 aliphatic rings. The van der Waals surface area contributed by atoms with Gasteiger partial charge in [0.15, 0.2) is 5.82 Å². The molecule has 16 heavy (non-hydrogen) atoms. The number of nitrogens with zero attached hydrogens (tertiary/aromatic N) is 2. The summed E-state index contributed by atoms with van der Waals surface area (Å²) in [6.45, 7) is 8.60. The molecule has 1 N–H and O–H groups in total.